The molecular weight excluding hydrogens is 164 g/mol. The summed E-state index contributed by atoms with van der Waals surface area (Å²) < 4.78 is 0. The van der Waals surface area contributed by atoms with Crippen LogP contribution >= 0.6 is 0 Å². The fraction of sp³-hybridized carbons (Fsp3) is 0.900. The third-order valence-corrected chi connectivity index (χ3v) is 2.75. The van der Waals surface area contributed by atoms with Gasteiger partial charge in [0.25, 0.3) is 0 Å². The summed E-state index contributed by atoms with van der Waals surface area (Å²) in [4.78, 5) is 13.5. The Morgan fingerprint density at radius 3 is 2.38 bits per heavy atom. The van der Waals surface area contributed by atoms with E-state index in [1.165, 1.54) is 12.8 Å². The predicted molar refractivity (Wildman–Crippen MR) is 53.2 cm³/mol. The second-order valence-electron chi connectivity index (χ2n) is 4.24. The van der Waals surface area contributed by atoms with Crippen molar-refractivity contribution in [2.75, 3.05) is 13.6 Å². The molecule has 1 aliphatic rings. The van der Waals surface area contributed by atoms with Gasteiger partial charge in [-0.3, -0.25) is 4.79 Å². The number of likely N-dealkylation sites (N-methyl/N-ethyl adjacent to an activating group) is 1. The standard InChI is InChI=1S/C10H20N2O/c1-7(2)10(13)12(3)9(6-11)8-4-5-8/h7-9H,4-6,11H2,1-3H3. The summed E-state index contributed by atoms with van der Waals surface area (Å²) in [5.74, 6) is 0.956. The molecule has 1 saturated carbocycles. The Kier molecular flexibility index (Phi) is 3.31. The Hall–Kier alpha value is -0.570. The van der Waals surface area contributed by atoms with Crippen molar-refractivity contribution in [3.63, 3.8) is 0 Å². The zero-order valence-electron chi connectivity index (χ0n) is 8.79. The lowest BCUT2D eigenvalue weighted by molar-refractivity contribution is -0.135. The number of carbonyl (C=O) groups excluding carboxylic acids is 1. The fourth-order valence-electron chi connectivity index (χ4n) is 1.72. The summed E-state index contributed by atoms with van der Waals surface area (Å²) in [7, 11) is 1.87. The van der Waals surface area contributed by atoms with Crippen molar-refractivity contribution in [3.8, 4) is 0 Å². The van der Waals surface area contributed by atoms with Crippen LogP contribution in [-0.4, -0.2) is 30.4 Å². The zero-order chi connectivity index (χ0) is 10.0. The molecule has 3 heteroatoms. The van der Waals surface area contributed by atoms with E-state index in [9.17, 15) is 4.79 Å². The molecule has 1 amide bonds. The van der Waals surface area contributed by atoms with E-state index >= 15 is 0 Å². The first-order valence-electron chi connectivity index (χ1n) is 5.04. The number of nitrogens with two attached hydrogens (primary N) is 1. The highest BCUT2D eigenvalue weighted by Gasteiger charge is 2.35. The quantitative estimate of drug-likeness (QED) is 0.703. The minimum Gasteiger partial charge on any atom is -0.341 e. The molecule has 0 spiro atoms. The van der Waals surface area contributed by atoms with Crippen molar-refractivity contribution in [1.29, 1.82) is 0 Å². The second-order valence-corrected chi connectivity index (χ2v) is 4.24. The Morgan fingerprint density at radius 1 is 1.54 bits per heavy atom. The average Bonchev–Trinajstić information content (AvgIpc) is 2.88. The highest BCUT2D eigenvalue weighted by molar-refractivity contribution is 5.78. The molecule has 2 N–H and O–H groups in total. The molecule has 1 unspecified atom stereocenters. The van der Waals surface area contributed by atoms with E-state index < -0.39 is 0 Å². The molecule has 0 saturated heterocycles. The van der Waals surface area contributed by atoms with E-state index in [0.717, 1.165) is 0 Å². The molecular formula is C10H20N2O. The van der Waals surface area contributed by atoms with Crippen LogP contribution in [0.5, 0.6) is 0 Å². The summed E-state index contributed by atoms with van der Waals surface area (Å²) in [5.41, 5.74) is 5.66. The zero-order valence-corrected chi connectivity index (χ0v) is 8.79. The Labute approximate surface area is 80.3 Å². The maximum Gasteiger partial charge on any atom is 0.225 e. The van der Waals surface area contributed by atoms with Gasteiger partial charge in [0.15, 0.2) is 0 Å². The van der Waals surface area contributed by atoms with E-state index in [-0.39, 0.29) is 17.9 Å². The van der Waals surface area contributed by atoms with Crippen molar-refractivity contribution in [3.05, 3.63) is 0 Å². The molecule has 13 heavy (non-hydrogen) atoms. The van der Waals surface area contributed by atoms with Gasteiger partial charge in [-0.05, 0) is 18.8 Å². The monoisotopic (exact) mass is 184 g/mol. The van der Waals surface area contributed by atoms with Crippen LogP contribution in [0.15, 0.2) is 0 Å². The number of nitrogens with zero attached hydrogens (tertiary/aromatic N) is 1. The first-order valence-corrected chi connectivity index (χ1v) is 5.04. The molecule has 0 aliphatic heterocycles. The number of rotatable bonds is 4. The summed E-state index contributed by atoms with van der Waals surface area (Å²) in [6.07, 6.45) is 2.47. The van der Waals surface area contributed by atoms with Gasteiger partial charge < -0.3 is 10.6 Å². The number of amides is 1. The average molecular weight is 184 g/mol. The van der Waals surface area contributed by atoms with Crippen LogP contribution in [0, 0.1) is 11.8 Å². The molecule has 0 bridgehead atoms. The van der Waals surface area contributed by atoms with Gasteiger partial charge in [-0.25, -0.2) is 0 Å². The Morgan fingerprint density at radius 2 is 2.08 bits per heavy atom. The third kappa shape index (κ3) is 2.44. The normalized spacial score (nSPS) is 18.8. The molecule has 1 atom stereocenters. The Bertz CT molecular complexity index is 187. The van der Waals surface area contributed by atoms with Crippen LogP contribution in [-0.2, 0) is 4.79 Å². The van der Waals surface area contributed by atoms with Gasteiger partial charge in [0.05, 0.1) is 0 Å². The van der Waals surface area contributed by atoms with Gasteiger partial charge in [0, 0.05) is 25.6 Å². The van der Waals surface area contributed by atoms with Crippen LogP contribution in [0.1, 0.15) is 26.7 Å². The van der Waals surface area contributed by atoms with Crippen LogP contribution in [0.25, 0.3) is 0 Å². The van der Waals surface area contributed by atoms with Gasteiger partial charge in [-0.15, -0.1) is 0 Å². The van der Waals surface area contributed by atoms with Crippen molar-refractivity contribution in [2.45, 2.75) is 32.7 Å². The molecule has 0 aromatic rings. The largest absolute Gasteiger partial charge is 0.341 e. The molecule has 0 aromatic heterocycles. The number of hydrogen-bond acceptors (Lipinski definition) is 2. The van der Waals surface area contributed by atoms with Crippen molar-refractivity contribution in [2.24, 2.45) is 17.6 Å². The lowest BCUT2D eigenvalue weighted by Crippen LogP contribution is -2.44. The first-order chi connectivity index (χ1) is 6.07. The molecule has 76 valence electrons. The fourth-order valence-corrected chi connectivity index (χ4v) is 1.72. The molecule has 0 aromatic carbocycles. The molecule has 3 nitrogen and oxygen atoms in total. The number of carbonyl (C=O) groups is 1. The second kappa shape index (κ2) is 4.09. The summed E-state index contributed by atoms with van der Waals surface area (Å²) >= 11 is 0. The first kappa shape index (κ1) is 10.5. The summed E-state index contributed by atoms with van der Waals surface area (Å²) in [6.45, 7) is 4.46. The molecule has 0 radical (unpaired) electrons. The van der Waals surface area contributed by atoms with Gasteiger partial charge in [-0.1, -0.05) is 13.8 Å². The summed E-state index contributed by atoms with van der Waals surface area (Å²) in [5, 5.41) is 0. The van der Waals surface area contributed by atoms with E-state index in [2.05, 4.69) is 0 Å². The molecule has 1 rings (SSSR count). The van der Waals surface area contributed by atoms with Crippen molar-refractivity contribution >= 4 is 5.91 Å². The van der Waals surface area contributed by atoms with Gasteiger partial charge >= 0.3 is 0 Å². The predicted octanol–water partition coefficient (Wildman–Crippen LogP) is 0.838. The highest BCUT2D eigenvalue weighted by atomic mass is 16.2. The lowest BCUT2D eigenvalue weighted by atomic mass is 10.1. The van der Waals surface area contributed by atoms with Gasteiger partial charge in [0.1, 0.15) is 0 Å². The lowest BCUT2D eigenvalue weighted by Gasteiger charge is -2.28. The van der Waals surface area contributed by atoms with Crippen LogP contribution in [0.2, 0.25) is 0 Å². The third-order valence-electron chi connectivity index (χ3n) is 2.75. The SMILES string of the molecule is CC(C)C(=O)N(C)C(CN)C1CC1. The van der Waals surface area contributed by atoms with Crippen LogP contribution < -0.4 is 5.73 Å². The molecule has 1 aliphatic carbocycles. The van der Waals surface area contributed by atoms with E-state index in [4.69, 9.17) is 5.73 Å². The molecule has 0 heterocycles. The summed E-state index contributed by atoms with van der Waals surface area (Å²) in [6, 6.07) is 0.273. The van der Waals surface area contributed by atoms with Crippen molar-refractivity contribution < 1.29 is 4.79 Å². The van der Waals surface area contributed by atoms with Crippen molar-refractivity contribution in [1.82, 2.24) is 4.90 Å². The minimum atomic E-state index is 0.0813. The topological polar surface area (TPSA) is 46.3 Å². The minimum absolute atomic E-state index is 0.0813. The maximum absolute atomic E-state index is 11.6. The van der Waals surface area contributed by atoms with Crippen LogP contribution in [0.3, 0.4) is 0 Å². The van der Waals surface area contributed by atoms with Gasteiger partial charge in [0.2, 0.25) is 5.91 Å². The maximum atomic E-state index is 11.6. The van der Waals surface area contributed by atoms with Gasteiger partial charge in [-0.2, -0.15) is 0 Å². The van der Waals surface area contributed by atoms with Crippen LogP contribution in [0.4, 0.5) is 0 Å². The number of hydrogen-bond donors (Lipinski definition) is 1. The highest BCUT2D eigenvalue weighted by Crippen LogP contribution is 2.34. The Balaban J connectivity index is 2.52. The van der Waals surface area contributed by atoms with E-state index in [0.29, 0.717) is 12.5 Å². The smallest absolute Gasteiger partial charge is 0.225 e. The molecule has 1 fully saturated rings. The van der Waals surface area contributed by atoms with E-state index in [1.54, 1.807) is 0 Å². The van der Waals surface area contributed by atoms with E-state index in [1.807, 2.05) is 25.8 Å².